The molecule has 0 spiro atoms. The van der Waals surface area contributed by atoms with Crippen LogP contribution in [0.25, 0.3) is 0 Å². The predicted octanol–water partition coefficient (Wildman–Crippen LogP) is 2.98. The minimum absolute atomic E-state index is 0.0687. The Balaban J connectivity index is 2.03. The first kappa shape index (κ1) is 17.6. The van der Waals surface area contributed by atoms with Crippen LogP contribution >= 0.6 is 0 Å². The second kappa shape index (κ2) is 6.57. The van der Waals surface area contributed by atoms with Crippen LogP contribution in [0.4, 0.5) is 5.69 Å². The third-order valence-electron chi connectivity index (χ3n) is 4.48. The summed E-state index contributed by atoms with van der Waals surface area (Å²) in [7, 11) is -3.85. The first-order chi connectivity index (χ1) is 11.9. The molecule has 2 aromatic rings. The van der Waals surface area contributed by atoms with E-state index in [4.69, 9.17) is 4.52 Å². The zero-order valence-corrected chi connectivity index (χ0v) is 14.8. The summed E-state index contributed by atoms with van der Waals surface area (Å²) in [5.41, 5.74) is 1.25. The molecule has 25 heavy (non-hydrogen) atoms. The lowest BCUT2D eigenvalue weighted by atomic mass is 10.0. The number of hydrogen-bond donors (Lipinski definition) is 0. The minimum Gasteiger partial charge on any atom is -0.361 e. The van der Waals surface area contributed by atoms with Gasteiger partial charge in [0.05, 0.1) is 21.6 Å². The third-order valence-corrected chi connectivity index (χ3v) is 6.38. The van der Waals surface area contributed by atoms with Crippen molar-refractivity contribution in [2.24, 2.45) is 0 Å². The number of aryl methyl sites for hydroxylation is 2. The molecule has 0 unspecified atom stereocenters. The van der Waals surface area contributed by atoms with E-state index >= 15 is 0 Å². The molecule has 1 saturated heterocycles. The highest BCUT2D eigenvalue weighted by molar-refractivity contribution is 7.89. The van der Waals surface area contributed by atoms with Crippen molar-refractivity contribution < 1.29 is 17.9 Å². The number of benzene rings is 1. The van der Waals surface area contributed by atoms with Crippen LogP contribution in [0, 0.1) is 17.0 Å². The summed E-state index contributed by atoms with van der Waals surface area (Å²) < 4.78 is 32.9. The molecule has 0 radical (unpaired) electrons. The van der Waals surface area contributed by atoms with Crippen molar-refractivity contribution >= 4 is 15.7 Å². The average molecular weight is 365 g/mol. The lowest BCUT2D eigenvalue weighted by Gasteiger charge is -2.24. The lowest BCUT2D eigenvalue weighted by molar-refractivity contribution is -0.385. The number of non-ortho nitro benzene ring substituents is 1. The third kappa shape index (κ3) is 3.05. The van der Waals surface area contributed by atoms with Crippen molar-refractivity contribution in [3.05, 3.63) is 51.4 Å². The number of aromatic nitrogens is 1. The fourth-order valence-electron chi connectivity index (χ4n) is 3.31. The fraction of sp³-hybridized carbons (Fsp3) is 0.438. The first-order valence-electron chi connectivity index (χ1n) is 8.07. The van der Waals surface area contributed by atoms with Crippen LogP contribution in [0.5, 0.6) is 0 Å². The van der Waals surface area contributed by atoms with Crippen LogP contribution in [0.2, 0.25) is 0 Å². The lowest BCUT2D eigenvalue weighted by Crippen LogP contribution is -2.31. The minimum atomic E-state index is -3.85. The molecule has 1 atom stereocenters. The maximum absolute atomic E-state index is 13.1. The maximum atomic E-state index is 13.1. The maximum Gasteiger partial charge on any atom is 0.270 e. The van der Waals surface area contributed by atoms with E-state index in [9.17, 15) is 18.5 Å². The molecule has 0 saturated carbocycles. The summed E-state index contributed by atoms with van der Waals surface area (Å²) in [6, 6.07) is 4.80. The van der Waals surface area contributed by atoms with E-state index in [1.54, 1.807) is 6.92 Å². The van der Waals surface area contributed by atoms with Crippen molar-refractivity contribution in [1.82, 2.24) is 9.46 Å². The molecule has 0 aliphatic carbocycles. The molecule has 3 rings (SSSR count). The van der Waals surface area contributed by atoms with Crippen LogP contribution in [0.15, 0.2) is 33.7 Å². The van der Waals surface area contributed by atoms with Crippen LogP contribution in [0.1, 0.15) is 42.8 Å². The Morgan fingerprint density at radius 1 is 1.44 bits per heavy atom. The van der Waals surface area contributed by atoms with Gasteiger partial charge in [0.1, 0.15) is 5.76 Å². The van der Waals surface area contributed by atoms with E-state index < -0.39 is 14.9 Å². The molecule has 2 heterocycles. The van der Waals surface area contributed by atoms with Crippen molar-refractivity contribution in [2.45, 2.75) is 44.0 Å². The van der Waals surface area contributed by atoms with Gasteiger partial charge in [-0.15, -0.1) is 0 Å². The summed E-state index contributed by atoms with van der Waals surface area (Å²) in [4.78, 5) is 10.3. The molecule has 0 N–H and O–H groups in total. The summed E-state index contributed by atoms with van der Waals surface area (Å²) in [6.07, 6.45) is 2.01. The Morgan fingerprint density at radius 2 is 2.20 bits per heavy atom. The SMILES string of the molecule is CCc1onc(C)c1[C@H]1CCCN1S(=O)(=O)c1cccc([N+](=O)[O-])c1. The molecule has 8 nitrogen and oxygen atoms in total. The van der Waals surface area contributed by atoms with E-state index in [1.807, 2.05) is 6.92 Å². The molecule has 1 aromatic heterocycles. The van der Waals surface area contributed by atoms with Gasteiger partial charge in [0.2, 0.25) is 10.0 Å². The van der Waals surface area contributed by atoms with Crippen molar-refractivity contribution in [2.75, 3.05) is 6.54 Å². The second-order valence-electron chi connectivity index (χ2n) is 5.99. The highest BCUT2D eigenvalue weighted by Gasteiger charge is 2.39. The number of rotatable bonds is 5. The molecule has 0 bridgehead atoms. The Hall–Kier alpha value is -2.26. The quantitative estimate of drug-likeness (QED) is 0.595. The van der Waals surface area contributed by atoms with Gasteiger partial charge in [-0.1, -0.05) is 18.1 Å². The van der Waals surface area contributed by atoms with E-state index in [-0.39, 0.29) is 16.6 Å². The van der Waals surface area contributed by atoms with Crippen LogP contribution in [-0.4, -0.2) is 29.3 Å². The molecule has 9 heteroatoms. The number of nitro benzene ring substituents is 1. The number of nitrogens with zero attached hydrogens (tertiary/aromatic N) is 3. The van der Waals surface area contributed by atoms with E-state index in [0.717, 1.165) is 11.6 Å². The molecule has 1 aliphatic rings. The van der Waals surface area contributed by atoms with Crippen LogP contribution in [0.3, 0.4) is 0 Å². The van der Waals surface area contributed by atoms with Crippen molar-refractivity contribution in [3.63, 3.8) is 0 Å². The monoisotopic (exact) mass is 365 g/mol. The normalized spacial score (nSPS) is 18.6. The first-order valence-corrected chi connectivity index (χ1v) is 9.51. The predicted molar refractivity (Wildman–Crippen MR) is 89.6 cm³/mol. The van der Waals surface area contributed by atoms with Crippen molar-refractivity contribution in [1.29, 1.82) is 0 Å². The molecule has 1 aliphatic heterocycles. The number of nitro groups is 1. The number of sulfonamides is 1. The largest absolute Gasteiger partial charge is 0.361 e. The summed E-state index contributed by atoms with van der Waals surface area (Å²) in [5.74, 6) is 0.684. The summed E-state index contributed by atoms with van der Waals surface area (Å²) >= 11 is 0. The van der Waals surface area contributed by atoms with Gasteiger partial charge >= 0.3 is 0 Å². The van der Waals surface area contributed by atoms with Gasteiger partial charge in [-0.05, 0) is 25.8 Å². The van der Waals surface area contributed by atoms with Gasteiger partial charge in [-0.25, -0.2) is 8.42 Å². The molecular formula is C16H19N3O5S. The Kier molecular flexibility index (Phi) is 4.61. The summed E-state index contributed by atoms with van der Waals surface area (Å²) in [6.45, 7) is 4.09. The van der Waals surface area contributed by atoms with E-state index in [1.165, 1.54) is 22.5 Å². The van der Waals surface area contributed by atoms with Crippen molar-refractivity contribution in [3.8, 4) is 0 Å². The van der Waals surface area contributed by atoms with Crippen LogP contribution in [-0.2, 0) is 16.4 Å². The van der Waals surface area contributed by atoms with Gasteiger partial charge in [-0.3, -0.25) is 10.1 Å². The van der Waals surface area contributed by atoms with Gasteiger partial charge in [0, 0.05) is 30.7 Å². The smallest absolute Gasteiger partial charge is 0.270 e. The zero-order chi connectivity index (χ0) is 18.2. The van der Waals surface area contributed by atoms with E-state index in [2.05, 4.69) is 5.16 Å². The van der Waals surface area contributed by atoms with E-state index in [0.29, 0.717) is 37.3 Å². The van der Waals surface area contributed by atoms with Gasteiger partial charge in [0.25, 0.3) is 5.69 Å². The topological polar surface area (TPSA) is 107 Å². The fourth-order valence-corrected chi connectivity index (χ4v) is 5.02. The van der Waals surface area contributed by atoms with Crippen LogP contribution < -0.4 is 0 Å². The second-order valence-corrected chi connectivity index (χ2v) is 7.88. The number of hydrogen-bond acceptors (Lipinski definition) is 6. The molecule has 134 valence electrons. The molecular weight excluding hydrogens is 346 g/mol. The highest BCUT2D eigenvalue weighted by atomic mass is 32.2. The molecule has 0 amide bonds. The Morgan fingerprint density at radius 3 is 2.88 bits per heavy atom. The molecule has 1 fully saturated rings. The van der Waals surface area contributed by atoms with Gasteiger partial charge in [0.15, 0.2) is 0 Å². The average Bonchev–Trinajstić information content (AvgIpc) is 3.21. The van der Waals surface area contributed by atoms with Gasteiger partial charge < -0.3 is 4.52 Å². The standard InChI is InChI=1S/C16H19N3O5S/c1-3-15-16(11(2)17-24-15)14-8-5-9-18(14)25(22,23)13-7-4-6-12(10-13)19(20)21/h4,6-7,10,14H,3,5,8-9H2,1-2H3/t14-/m1/s1. The summed E-state index contributed by atoms with van der Waals surface area (Å²) in [5, 5.41) is 14.9. The van der Waals surface area contributed by atoms with Gasteiger partial charge in [-0.2, -0.15) is 4.31 Å². The Labute approximate surface area is 145 Å². The highest BCUT2D eigenvalue weighted by Crippen LogP contribution is 2.39. The molecule has 1 aromatic carbocycles. The zero-order valence-electron chi connectivity index (χ0n) is 14.0. The Bertz CT molecular complexity index is 906.